The predicted molar refractivity (Wildman–Crippen MR) is 229 cm³/mol. The molecular formula is C45H59N7O7S. The van der Waals surface area contributed by atoms with Crippen molar-refractivity contribution in [2.75, 3.05) is 46.5 Å². The molecule has 0 spiro atoms. The van der Waals surface area contributed by atoms with Crippen LogP contribution in [-0.4, -0.2) is 112 Å². The number of hydrogen-bond donors (Lipinski definition) is 3. The number of β-amino-alcohol motifs (C(OH)–C–C–N with tert-alkyl or cyclic N) is 1. The van der Waals surface area contributed by atoms with E-state index in [1.54, 1.807) is 13.3 Å². The number of thiazole rings is 1. The van der Waals surface area contributed by atoms with Crippen LogP contribution < -0.4 is 10.7 Å². The lowest BCUT2D eigenvalue weighted by molar-refractivity contribution is -0.157. The van der Waals surface area contributed by atoms with Crippen LogP contribution in [0.25, 0.3) is 33.4 Å². The van der Waals surface area contributed by atoms with Crippen molar-refractivity contribution in [3.63, 3.8) is 0 Å². The summed E-state index contributed by atoms with van der Waals surface area (Å²) in [6.07, 6.45) is 1.91. The predicted octanol–water partition coefficient (Wildman–Crippen LogP) is 5.30. The highest BCUT2D eigenvalue weighted by atomic mass is 32.1. The molecule has 3 fully saturated rings. The third-order valence-corrected chi connectivity index (χ3v) is 13.9. The van der Waals surface area contributed by atoms with Crippen LogP contribution in [0.4, 0.5) is 0 Å². The van der Waals surface area contributed by atoms with Crippen molar-refractivity contribution in [1.29, 1.82) is 0 Å². The Morgan fingerprint density at radius 1 is 1.18 bits per heavy atom. The molecule has 0 unspecified atom stereocenters. The zero-order valence-corrected chi connectivity index (χ0v) is 36.6. The molecule has 1 aromatic carbocycles. The Balaban J connectivity index is 1.26. The van der Waals surface area contributed by atoms with Crippen molar-refractivity contribution in [1.82, 2.24) is 35.2 Å². The molecule has 3 aliphatic heterocycles. The van der Waals surface area contributed by atoms with E-state index in [0.717, 1.165) is 44.7 Å². The monoisotopic (exact) mass is 841 g/mol. The van der Waals surface area contributed by atoms with Gasteiger partial charge in [-0.25, -0.2) is 10.4 Å². The Bertz CT molecular complexity index is 2230. The van der Waals surface area contributed by atoms with Gasteiger partial charge in [0.2, 0.25) is 5.91 Å². The second kappa shape index (κ2) is 17.3. The lowest BCUT2D eigenvalue weighted by Gasteiger charge is -2.38. The highest BCUT2D eigenvalue weighted by Gasteiger charge is 2.50. The molecule has 1 aliphatic carbocycles. The lowest BCUT2D eigenvalue weighted by Crippen LogP contribution is -2.61. The topological polar surface area (TPSA) is 160 Å². The smallest absolute Gasteiger partial charge is 0.324 e. The molecular weight excluding hydrogens is 783 g/mol. The number of benzene rings is 1. The first-order chi connectivity index (χ1) is 28.8. The molecule has 60 heavy (non-hydrogen) atoms. The van der Waals surface area contributed by atoms with Crippen molar-refractivity contribution in [2.45, 2.75) is 97.7 Å². The average molecular weight is 842 g/mol. The number of methoxy groups -OCH3 is 1. The summed E-state index contributed by atoms with van der Waals surface area (Å²) in [5.74, 6) is -0.873. The number of esters is 1. The number of carbonyl (C=O) groups excluding carboxylic acids is 3. The number of carbonyl (C=O) groups is 3. The molecule has 15 heteroatoms. The van der Waals surface area contributed by atoms with Crippen molar-refractivity contribution < 1.29 is 33.7 Å². The molecule has 4 aromatic rings. The molecule has 8 rings (SSSR count). The molecule has 7 atom stereocenters. The number of aliphatic hydroxyl groups excluding tert-OH is 1. The Morgan fingerprint density at radius 2 is 1.97 bits per heavy atom. The molecule has 1 saturated carbocycles. The normalized spacial score (nSPS) is 26.6. The summed E-state index contributed by atoms with van der Waals surface area (Å²) >= 11 is 1.39. The number of amides is 2. The number of pyridine rings is 1. The minimum absolute atomic E-state index is 0.153. The van der Waals surface area contributed by atoms with Crippen LogP contribution in [0.15, 0.2) is 41.9 Å². The van der Waals surface area contributed by atoms with Gasteiger partial charge in [-0.1, -0.05) is 33.8 Å². The maximum Gasteiger partial charge on any atom is 0.324 e. The molecule has 6 heterocycles. The Morgan fingerprint density at radius 3 is 2.68 bits per heavy atom. The molecule has 2 saturated heterocycles. The zero-order chi connectivity index (χ0) is 42.5. The largest absolute Gasteiger partial charge is 0.464 e. The highest BCUT2D eigenvalue weighted by Crippen LogP contribution is 2.46. The molecule has 3 aromatic heterocycles. The van der Waals surface area contributed by atoms with E-state index >= 15 is 0 Å². The second-order valence-electron chi connectivity index (χ2n) is 17.9. The van der Waals surface area contributed by atoms with E-state index in [-0.39, 0.29) is 49.1 Å². The number of rotatable bonds is 10. The van der Waals surface area contributed by atoms with E-state index in [1.807, 2.05) is 32.2 Å². The van der Waals surface area contributed by atoms with Gasteiger partial charge < -0.3 is 29.2 Å². The summed E-state index contributed by atoms with van der Waals surface area (Å²) in [6, 6.07) is 8.59. The number of hydrogen-bond acceptors (Lipinski definition) is 12. The first-order valence-electron chi connectivity index (χ1n) is 21.4. The summed E-state index contributed by atoms with van der Waals surface area (Å²) in [7, 11) is 1.69. The second-order valence-corrected chi connectivity index (χ2v) is 18.8. The van der Waals surface area contributed by atoms with Crippen molar-refractivity contribution in [3.05, 3.63) is 58.2 Å². The fourth-order valence-corrected chi connectivity index (χ4v) is 10.1. The van der Waals surface area contributed by atoms with Gasteiger partial charge in [-0.3, -0.25) is 29.3 Å². The fraction of sp³-hybridized carbons (Fsp3) is 0.578. The van der Waals surface area contributed by atoms with E-state index in [1.165, 1.54) is 16.3 Å². The van der Waals surface area contributed by atoms with Crippen molar-refractivity contribution in [2.24, 2.45) is 23.2 Å². The summed E-state index contributed by atoms with van der Waals surface area (Å²) in [4.78, 5) is 54.6. The van der Waals surface area contributed by atoms with Gasteiger partial charge >= 0.3 is 5.97 Å². The Kier molecular flexibility index (Phi) is 12.2. The van der Waals surface area contributed by atoms with Gasteiger partial charge in [-0.2, -0.15) is 0 Å². The average Bonchev–Trinajstić information content (AvgIpc) is 3.51. The summed E-state index contributed by atoms with van der Waals surface area (Å²) in [6.45, 7) is 15.6. The summed E-state index contributed by atoms with van der Waals surface area (Å²) < 4.78 is 20.9. The molecule has 6 bridgehead atoms. The minimum atomic E-state index is -1.13. The summed E-state index contributed by atoms with van der Waals surface area (Å²) in [5.41, 5.74) is 9.37. The number of fused-ring (bicyclic) bond motifs is 6. The number of nitrogens with one attached hydrogen (secondary N) is 2. The molecule has 0 radical (unpaired) electrons. The number of likely N-dealkylation sites (tertiary alicyclic amines) is 1. The van der Waals surface area contributed by atoms with Crippen LogP contribution in [0, 0.1) is 23.2 Å². The highest BCUT2D eigenvalue weighted by molar-refractivity contribution is 7.10. The Hall–Kier alpha value is -4.25. The number of ether oxygens (including phenoxy) is 3. The third kappa shape index (κ3) is 8.36. The number of nitrogens with zero attached hydrogens (tertiary/aromatic N) is 5. The number of aromatic nitrogens is 3. The van der Waals surface area contributed by atoms with Crippen LogP contribution >= 0.6 is 11.3 Å². The van der Waals surface area contributed by atoms with E-state index < -0.39 is 35.5 Å². The van der Waals surface area contributed by atoms with Gasteiger partial charge in [0.05, 0.1) is 42.5 Å². The number of cyclic esters (lactones) is 1. The van der Waals surface area contributed by atoms with Crippen LogP contribution in [0.1, 0.15) is 82.9 Å². The van der Waals surface area contributed by atoms with Gasteiger partial charge in [0.1, 0.15) is 23.2 Å². The number of aryl methyl sites for hydroxylation is 1. The molecule has 2 amide bonds. The first-order valence-corrected chi connectivity index (χ1v) is 22.3. The quantitative estimate of drug-likeness (QED) is 0.178. The van der Waals surface area contributed by atoms with E-state index in [9.17, 15) is 19.5 Å². The van der Waals surface area contributed by atoms with Gasteiger partial charge in [0.15, 0.2) is 0 Å². The Labute approximate surface area is 355 Å². The molecule has 3 N–H and O–H groups in total. The number of hydrazine groups is 1. The molecule has 4 aliphatic rings. The van der Waals surface area contributed by atoms with Crippen molar-refractivity contribution in [3.8, 4) is 22.5 Å². The maximum atomic E-state index is 14.8. The van der Waals surface area contributed by atoms with E-state index in [0.29, 0.717) is 57.0 Å². The van der Waals surface area contributed by atoms with Gasteiger partial charge in [-0.05, 0) is 74.8 Å². The first kappa shape index (κ1) is 42.4. The summed E-state index contributed by atoms with van der Waals surface area (Å²) in [5, 5.41) is 18.1. The van der Waals surface area contributed by atoms with Gasteiger partial charge in [-0.15, -0.1) is 11.3 Å². The third-order valence-electron chi connectivity index (χ3n) is 13.0. The molecule has 14 nitrogen and oxygen atoms in total. The minimum Gasteiger partial charge on any atom is -0.464 e. The zero-order valence-electron chi connectivity index (χ0n) is 35.8. The van der Waals surface area contributed by atoms with Crippen molar-refractivity contribution >= 4 is 40.0 Å². The van der Waals surface area contributed by atoms with E-state index in [4.69, 9.17) is 24.2 Å². The van der Waals surface area contributed by atoms with Crippen LogP contribution in [0.3, 0.4) is 0 Å². The maximum absolute atomic E-state index is 14.8. The van der Waals surface area contributed by atoms with Gasteiger partial charge in [0.25, 0.3) is 5.91 Å². The SMILES string of the molecule is CCn1c(-c2cccnc2[C@H](C)OC)c2c3cc(ccc31)-c1csc(n1)[C@@H](OCCN1CC(O)C1)[C@H](NC(=O)[C@H]1[C@H](C)[C@@H]1C)C(=O)N1CCC[C@H](N1)C(=O)OCC(C)(C)C2. The number of aliphatic hydroxyl groups is 1. The fourth-order valence-electron chi connectivity index (χ4n) is 9.18. The van der Waals surface area contributed by atoms with Gasteiger partial charge in [0, 0.05) is 84.8 Å². The lowest BCUT2D eigenvalue weighted by atomic mass is 9.84. The van der Waals surface area contributed by atoms with E-state index in [2.05, 4.69) is 65.2 Å². The standard InChI is InChI=1S/C45H59N7O7S/c1-8-51-35-14-13-28-19-31(35)32(39(51)30-11-9-15-46-37(30)27(4)57-7)20-45(5,6)24-59-44(56)33-12-10-16-52(49-33)43(55)38(48-41(54)36-25(2)26(36)3)40(42-47-34(28)23-60-42)58-18-17-50-21-29(53)22-50/h9,11,13-15,19,23,25-27,29,33,36,38,40,49,53H,8,10,12,16-18,20-22,24H2,1-7H3,(H,48,54)/t25-,26+,27-,33-,36+,38-,40-/m0/s1. The van der Waals surface area contributed by atoms with Crippen LogP contribution in [0.2, 0.25) is 0 Å². The molecule has 322 valence electrons. The van der Waals surface area contributed by atoms with Crippen LogP contribution in [0.5, 0.6) is 0 Å². The van der Waals surface area contributed by atoms with Crippen LogP contribution in [-0.2, 0) is 41.6 Å².